The molecule has 0 bridgehead atoms. The minimum absolute atomic E-state index is 0.0331. The summed E-state index contributed by atoms with van der Waals surface area (Å²) < 4.78 is 5.77. The summed E-state index contributed by atoms with van der Waals surface area (Å²) in [5, 5.41) is 11.5. The lowest BCUT2D eigenvalue weighted by Gasteiger charge is -2.12. The first-order valence-electron chi connectivity index (χ1n) is 7.81. The van der Waals surface area contributed by atoms with Crippen LogP contribution >= 0.6 is 0 Å². The average molecular weight is 321 g/mol. The Labute approximate surface area is 140 Å². The summed E-state index contributed by atoms with van der Waals surface area (Å²) in [6.07, 6.45) is 0. The van der Waals surface area contributed by atoms with Crippen molar-refractivity contribution in [3.63, 3.8) is 0 Å². The van der Waals surface area contributed by atoms with Crippen molar-refractivity contribution in [2.24, 2.45) is 0 Å². The maximum atomic E-state index is 11.5. The number of hydrogen-bond donors (Lipinski definition) is 1. The molecule has 1 atom stereocenters. The zero-order chi connectivity index (χ0) is 17.1. The number of rotatable bonds is 5. The predicted molar refractivity (Wildman–Crippen MR) is 93.0 cm³/mol. The van der Waals surface area contributed by atoms with Crippen molar-refractivity contribution in [1.82, 2.24) is 10.2 Å². The lowest BCUT2D eigenvalue weighted by Crippen LogP contribution is -2.07. The monoisotopic (exact) mass is 321 g/mol. The quantitative estimate of drug-likeness (QED) is 0.704. The molecule has 1 N–H and O–H groups in total. The van der Waals surface area contributed by atoms with Gasteiger partial charge >= 0.3 is 0 Å². The Morgan fingerprint density at radius 2 is 1.88 bits per heavy atom. The summed E-state index contributed by atoms with van der Waals surface area (Å²) >= 11 is 0. The Hall–Kier alpha value is -2.95. The van der Waals surface area contributed by atoms with E-state index in [0.29, 0.717) is 17.3 Å². The van der Waals surface area contributed by atoms with E-state index in [9.17, 15) is 4.79 Å². The number of aromatic nitrogens is 2. The lowest BCUT2D eigenvalue weighted by atomic mass is 10.1. The van der Waals surface area contributed by atoms with Crippen LogP contribution in [-0.4, -0.2) is 16.0 Å². The minimum atomic E-state index is -0.168. The third-order valence-corrected chi connectivity index (χ3v) is 3.76. The van der Waals surface area contributed by atoms with Crippen LogP contribution in [0.4, 0.5) is 5.69 Å². The normalized spacial score (nSPS) is 12.0. The molecular weight excluding hydrogens is 302 g/mol. The van der Waals surface area contributed by atoms with E-state index in [0.717, 1.165) is 11.3 Å². The SMILES string of the molecule is CC(=O)c1cccc(N[C@H](C)c2nnc(-c3ccc(C)cc3)o2)c1. The first-order valence-corrected chi connectivity index (χ1v) is 7.81. The maximum Gasteiger partial charge on any atom is 0.247 e. The smallest absolute Gasteiger partial charge is 0.247 e. The van der Waals surface area contributed by atoms with Crippen molar-refractivity contribution in [2.75, 3.05) is 5.32 Å². The van der Waals surface area contributed by atoms with E-state index in [2.05, 4.69) is 15.5 Å². The van der Waals surface area contributed by atoms with Crippen LogP contribution < -0.4 is 5.32 Å². The van der Waals surface area contributed by atoms with Crippen molar-refractivity contribution in [3.8, 4) is 11.5 Å². The number of nitrogens with zero attached hydrogens (tertiary/aromatic N) is 2. The van der Waals surface area contributed by atoms with Crippen LogP contribution in [0.5, 0.6) is 0 Å². The first-order chi connectivity index (χ1) is 11.5. The Kier molecular flexibility index (Phi) is 4.42. The highest BCUT2D eigenvalue weighted by Crippen LogP contribution is 2.23. The van der Waals surface area contributed by atoms with Gasteiger partial charge in [-0.2, -0.15) is 0 Å². The van der Waals surface area contributed by atoms with Crippen molar-refractivity contribution in [1.29, 1.82) is 0 Å². The number of hydrogen-bond acceptors (Lipinski definition) is 5. The van der Waals surface area contributed by atoms with Crippen LogP contribution in [-0.2, 0) is 0 Å². The zero-order valence-corrected chi connectivity index (χ0v) is 13.9. The number of carbonyl (C=O) groups excluding carboxylic acids is 1. The van der Waals surface area contributed by atoms with Gasteiger partial charge in [-0.25, -0.2) is 0 Å². The van der Waals surface area contributed by atoms with Crippen molar-refractivity contribution < 1.29 is 9.21 Å². The number of benzene rings is 2. The fourth-order valence-corrected chi connectivity index (χ4v) is 2.36. The molecule has 24 heavy (non-hydrogen) atoms. The molecule has 1 aromatic heterocycles. The van der Waals surface area contributed by atoms with Crippen LogP contribution in [0.3, 0.4) is 0 Å². The maximum absolute atomic E-state index is 11.5. The summed E-state index contributed by atoms with van der Waals surface area (Å²) in [5.41, 5.74) is 3.58. The molecule has 3 rings (SSSR count). The Morgan fingerprint density at radius 1 is 1.12 bits per heavy atom. The molecule has 5 heteroatoms. The fraction of sp³-hybridized carbons (Fsp3) is 0.211. The Morgan fingerprint density at radius 3 is 2.58 bits per heavy atom. The third-order valence-electron chi connectivity index (χ3n) is 3.76. The number of ketones is 1. The summed E-state index contributed by atoms with van der Waals surface area (Å²) in [4.78, 5) is 11.5. The molecule has 0 aliphatic heterocycles. The topological polar surface area (TPSA) is 68.0 Å². The van der Waals surface area contributed by atoms with E-state index in [1.54, 1.807) is 13.0 Å². The van der Waals surface area contributed by atoms with Crippen LogP contribution in [0.1, 0.15) is 41.7 Å². The van der Waals surface area contributed by atoms with E-state index in [1.165, 1.54) is 5.56 Å². The second kappa shape index (κ2) is 6.66. The molecule has 0 aliphatic rings. The molecule has 5 nitrogen and oxygen atoms in total. The Balaban J connectivity index is 1.76. The minimum Gasteiger partial charge on any atom is -0.418 e. The van der Waals surface area contributed by atoms with Crippen molar-refractivity contribution in [2.45, 2.75) is 26.8 Å². The van der Waals surface area contributed by atoms with E-state index >= 15 is 0 Å². The molecule has 0 aliphatic carbocycles. The summed E-state index contributed by atoms with van der Waals surface area (Å²) in [5.74, 6) is 1.03. The molecule has 2 aromatic carbocycles. The molecule has 3 aromatic rings. The van der Waals surface area contributed by atoms with Gasteiger partial charge in [0, 0.05) is 16.8 Å². The van der Waals surface area contributed by atoms with E-state index in [-0.39, 0.29) is 11.8 Å². The predicted octanol–water partition coefficient (Wildman–Crippen LogP) is 4.42. The molecule has 0 saturated heterocycles. The van der Waals surface area contributed by atoms with E-state index in [4.69, 9.17) is 4.42 Å². The van der Waals surface area contributed by atoms with Crippen LogP contribution in [0.15, 0.2) is 52.9 Å². The summed E-state index contributed by atoms with van der Waals surface area (Å²) in [7, 11) is 0. The number of nitrogens with one attached hydrogen (secondary N) is 1. The van der Waals surface area contributed by atoms with Gasteiger partial charge in [0.15, 0.2) is 5.78 Å². The highest BCUT2D eigenvalue weighted by Gasteiger charge is 2.15. The van der Waals surface area contributed by atoms with Crippen LogP contribution in [0, 0.1) is 6.92 Å². The van der Waals surface area contributed by atoms with Gasteiger partial charge in [-0.05, 0) is 45.0 Å². The van der Waals surface area contributed by atoms with Crippen LogP contribution in [0.2, 0.25) is 0 Å². The highest BCUT2D eigenvalue weighted by molar-refractivity contribution is 5.94. The second-order valence-corrected chi connectivity index (χ2v) is 5.81. The molecule has 0 unspecified atom stereocenters. The molecule has 0 spiro atoms. The molecular formula is C19H19N3O2. The molecule has 0 amide bonds. The van der Waals surface area contributed by atoms with Gasteiger partial charge in [-0.15, -0.1) is 10.2 Å². The van der Waals surface area contributed by atoms with Gasteiger partial charge in [0.2, 0.25) is 11.8 Å². The molecule has 0 fully saturated rings. The fourth-order valence-electron chi connectivity index (χ4n) is 2.36. The number of anilines is 1. The first kappa shape index (κ1) is 15.9. The number of aryl methyl sites for hydroxylation is 1. The third kappa shape index (κ3) is 3.51. The highest BCUT2D eigenvalue weighted by atomic mass is 16.4. The summed E-state index contributed by atoms with van der Waals surface area (Å²) in [6.45, 7) is 5.52. The van der Waals surface area contributed by atoms with Gasteiger partial charge < -0.3 is 9.73 Å². The van der Waals surface area contributed by atoms with Gasteiger partial charge in [0.05, 0.1) is 0 Å². The van der Waals surface area contributed by atoms with E-state index < -0.39 is 0 Å². The van der Waals surface area contributed by atoms with Gasteiger partial charge in [-0.3, -0.25) is 4.79 Å². The lowest BCUT2D eigenvalue weighted by molar-refractivity contribution is 0.101. The second-order valence-electron chi connectivity index (χ2n) is 5.81. The number of carbonyl (C=O) groups is 1. The van der Waals surface area contributed by atoms with Crippen molar-refractivity contribution >= 4 is 11.5 Å². The molecule has 122 valence electrons. The van der Waals surface area contributed by atoms with Gasteiger partial charge in [-0.1, -0.05) is 29.8 Å². The molecule has 0 radical (unpaired) electrons. The average Bonchev–Trinajstić information content (AvgIpc) is 3.06. The largest absolute Gasteiger partial charge is 0.418 e. The number of Topliss-reactive ketones (excluding diaryl/α,β-unsaturated/α-hetero) is 1. The summed E-state index contributed by atoms with van der Waals surface area (Å²) in [6, 6.07) is 15.1. The molecule has 1 heterocycles. The molecule has 0 saturated carbocycles. The van der Waals surface area contributed by atoms with Gasteiger partial charge in [0.1, 0.15) is 6.04 Å². The van der Waals surface area contributed by atoms with Crippen LogP contribution in [0.25, 0.3) is 11.5 Å². The van der Waals surface area contributed by atoms with Crippen molar-refractivity contribution in [3.05, 3.63) is 65.5 Å². The van der Waals surface area contributed by atoms with E-state index in [1.807, 2.05) is 56.3 Å². The van der Waals surface area contributed by atoms with Gasteiger partial charge in [0.25, 0.3) is 0 Å². The zero-order valence-electron chi connectivity index (χ0n) is 13.9. The Bertz CT molecular complexity index is 853. The standard InChI is InChI=1S/C19H19N3O2/c1-12-7-9-15(10-8-12)19-22-21-18(24-19)13(2)20-17-6-4-5-16(11-17)14(3)23/h4-11,13,20H,1-3H3/t13-/m1/s1.